The number of nitrogens with two attached hydrogens (primary N) is 1. The number of benzene rings is 1. The van der Waals surface area contributed by atoms with Crippen molar-refractivity contribution in [3.8, 4) is 5.75 Å². The van der Waals surface area contributed by atoms with Crippen LogP contribution in [0.1, 0.15) is 50.0 Å². The topological polar surface area (TPSA) is 74.2 Å². The first-order valence-corrected chi connectivity index (χ1v) is 9.06. The molecule has 130 valence electrons. The minimum atomic E-state index is 0.357. The molecule has 0 atom stereocenters. The Morgan fingerprint density at radius 3 is 2.62 bits per heavy atom. The van der Waals surface area contributed by atoms with Gasteiger partial charge in [-0.05, 0) is 62.4 Å². The molecule has 0 radical (unpaired) electrons. The lowest BCUT2D eigenvalue weighted by Crippen LogP contribution is -2.37. The van der Waals surface area contributed by atoms with Gasteiger partial charge in [0.1, 0.15) is 5.75 Å². The van der Waals surface area contributed by atoms with E-state index in [1.54, 1.807) is 6.07 Å². The molecule has 0 bridgehead atoms. The van der Waals surface area contributed by atoms with Gasteiger partial charge in [0.15, 0.2) is 0 Å². The normalized spacial score (nSPS) is 21.8. The first-order valence-electron chi connectivity index (χ1n) is 9.06. The average Bonchev–Trinajstić information content (AvgIpc) is 3.12. The van der Waals surface area contributed by atoms with E-state index in [2.05, 4.69) is 21.1 Å². The maximum atomic E-state index is 9.64. The van der Waals surface area contributed by atoms with Crippen LogP contribution in [0.4, 0.5) is 0 Å². The van der Waals surface area contributed by atoms with E-state index >= 15 is 0 Å². The molecule has 1 saturated carbocycles. The Balaban J connectivity index is 1.49. The van der Waals surface area contributed by atoms with Crippen LogP contribution in [0.2, 0.25) is 0 Å². The van der Waals surface area contributed by atoms with Crippen molar-refractivity contribution in [3.05, 3.63) is 29.8 Å². The van der Waals surface area contributed by atoms with Gasteiger partial charge in [-0.15, -0.1) is 0 Å². The van der Waals surface area contributed by atoms with Gasteiger partial charge in [0.25, 0.3) is 0 Å². The highest BCUT2D eigenvalue weighted by Gasteiger charge is 2.21. The van der Waals surface area contributed by atoms with Crippen molar-refractivity contribution in [3.63, 3.8) is 0 Å². The van der Waals surface area contributed by atoms with Gasteiger partial charge in [-0.25, -0.2) is 0 Å². The van der Waals surface area contributed by atoms with Crippen LogP contribution in [0.15, 0.2) is 34.4 Å². The molecule has 5 heteroatoms. The predicted molar refractivity (Wildman–Crippen MR) is 98.9 cm³/mol. The molecule has 3 N–H and O–H groups in total. The van der Waals surface area contributed by atoms with E-state index in [0.29, 0.717) is 17.7 Å². The van der Waals surface area contributed by atoms with Crippen LogP contribution in [0.3, 0.4) is 0 Å². The molecule has 3 rings (SSSR count). The summed E-state index contributed by atoms with van der Waals surface area (Å²) in [6.07, 6.45) is 9.06. The number of rotatable bonds is 5. The van der Waals surface area contributed by atoms with Crippen molar-refractivity contribution in [2.24, 2.45) is 15.9 Å². The average molecular weight is 328 g/mol. The molecule has 24 heavy (non-hydrogen) atoms. The highest BCUT2D eigenvalue weighted by atomic mass is 16.3. The maximum absolute atomic E-state index is 9.64. The number of nitrogens with zero attached hydrogens (tertiary/aromatic N) is 3. The third-order valence-electron chi connectivity index (χ3n) is 5.24. The Morgan fingerprint density at radius 1 is 1.21 bits per heavy atom. The molecule has 2 aliphatic rings. The Hall–Kier alpha value is -1.88. The SMILES string of the molecule is NN=C(C=NC1CCCC1)CN1CCC(c2cccc(O)c2)CC1. The zero-order valence-electron chi connectivity index (χ0n) is 14.3. The molecule has 5 nitrogen and oxygen atoms in total. The van der Waals surface area contributed by atoms with Gasteiger partial charge in [0.05, 0.1) is 5.71 Å². The van der Waals surface area contributed by atoms with Crippen molar-refractivity contribution in [1.29, 1.82) is 0 Å². The van der Waals surface area contributed by atoms with Crippen molar-refractivity contribution in [2.45, 2.75) is 50.5 Å². The van der Waals surface area contributed by atoms with Gasteiger partial charge in [-0.1, -0.05) is 25.0 Å². The van der Waals surface area contributed by atoms with Crippen LogP contribution in [0.5, 0.6) is 5.75 Å². The van der Waals surface area contributed by atoms with Gasteiger partial charge < -0.3 is 10.9 Å². The number of hydrazone groups is 1. The molecule has 1 aliphatic heterocycles. The van der Waals surface area contributed by atoms with Gasteiger partial charge in [-0.2, -0.15) is 5.10 Å². The van der Waals surface area contributed by atoms with Crippen molar-refractivity contribution >= 4 is 11.9 Å². The summed E-state index contributed by atoms with van der Waals surface area (Å²) in [6.45, 7) is 2.83. The van der Waals surface area contributed by atoms with E-state index in [1.165, 1.54) is 31.2 Å². The molecule has 2 fully saturated rings. The number of hydrogen-bond donors (Lipinski definition) is 2. The van der Waals surface area contributed by atoms with Crippen molar-refractivity contribution in [1.82, 2.24) is 4.90 Å². The van der Waals surface area contributed by atoms with Gasteiger partial charge in [-0.3, -0.25) is 9.89 Å². The number of phenolic OH excluding ortho intramolecular Hbond substituents is 1. The smallest absolute Gasteiger partial charge is 0.115 e. The Bertz CT molecular complexity index is 585. The van der Waals surface area contributed by atoms with Gasteiger partial charge >= 0.3 is 0 Å². The van der Waals surface area contributed by atoms with Gasteiger partial charge in [0.2, 0.25) is 0 Å². The summed E-state index contributed by atoms with van der Waals surface area (Å²) < 4.78 is 0. The summed E-state index contributed by atoms with van der Waals surface area (Å²) in [5, 5.41) is 13.6. The molecule has 1 aromatic rings. The fraction of sp³-hybridized carbons (Fsp3) is 0.579. The van der Waals surface area contributed by atoms with Crippen molar-refractivity contribution < 1.29 is 5.11 Å². The molecule has 0 amide bonds. The second kappa shape index (κ2) is 8.29. The van der Waals surface area contributed by atoms with Crippen LogP contribution in [0.25, 0.3) is 0 Å². The van der Waals surface area contributed by atoms with Crippen LogP contribution in [0, 0.1) is 0 Å². The summed E-state index contributed by atoms with van der Waals surface area (Å²) >= 11 is 0. The summed E-state index contributed by atoms with van der Waals surface area (Å²) in [4.78, 5) is 7.04. The van der Waals surface area contributed by atoms with E-state index in [0.717, 1.165) is 38.2 Å². The minimum Gasteiger partial charge on any atom is -0.508 e. The number of piperidine rings is 1. The largest absolute Gasteiger partial charge is 0.508 e. The zero-order valence-corrected chi connectivity index (χ0v) is 14.3. The van der Waals surface area contributed by atoms with Gasteiger partial charge in [0, 0.05) is 18.8 Å². The predicted octanol–water partition coefficient (Wildman–Crippen LogP) is 2.90. The Labute approximate surface area is 144 Å². The quantitative estimate of drug-likeness (QED) is 0.496. The number of phenols is 1. The van der Waals surface area contributed by atoms with E-state index in [1.807, 2.05) is 18.3 Å². The molecule has 1 heterocycles. The zero-order chi connectivity index (χ0) is 16.8. The minimum absolute atomic E-state index is 0.357. The van der Waals surface area contributed by atoms with Crippen LogP contribution < -0.4 is 5.84 Å². The second-order valence-electron chi connectivity index (χ2n) is 6.98. The fourth-order valence-electron chi connectivity index (χ4n) is 3.79. The molecule has 1 aliphatic carbocycles. The third kappa shape index (κ3) is 4.57. The highest BCUT2D eigenvalue weighted by Crippen LogP contribution is 2.29. The lowest BCUT2D eigenvalue weighted by Gasteiger charge is -2.32. The molecule has 0 aromatic heterocycles. The number of aliphatic imine (C=N–C) groups is 1. The van der Waals surface area contributed by atoms with Crippen molar-refractivity contribution in [2.75, 3.05) is 19.6 Å². The molecule has 0 unspecified atom stereocenters. The summed E-state index contributed by atoms with van der Waals surface area (Å²) in [5.41, 5.74) is 2.11. The first-order chi connectivity index (χ1) is 11.7. The molecule has 0 spiro atoms. The monoisotopic (exact) mass is 328 g/mol. The molecule has 1 saturated heterocycles. The summed E-state index contributed by atoms with van der Waals surface area (Å²) in [5.74, 6) is 6.44. The van der Waals surface area contributed by atoms with E-state index in [9.17, 15) is 5.11 Å². The number of aromatic hydroxyl groups is 1. The highest BCUT2D eigenvalue weighted by molar-refractivity contribution is 6.31. The maximum Gasteiger partial charge on any atom is 0.115 e. The van der Waals surface area contributed by atoms with Crippen LogP contribution in [-0.4, -0.2) is 47.6 Å². The van der Waals surface area contributed by atoms with Crippen LogP contribution >= 0.6 is 0 Å². The van der Waals surface area contributed by atoms with E-state index < -0.39 is 0 Å². The molecule has 1 aromatic carbocycles. The number of likely N-dealkylation sites (tertiary alicyclic amines) is 1. The lowest BCUT2D eigenvalue weighted by atomic mass is 9.89. The number of hydrogen-bond acceptors (Lipinski definition) is 5. The Morgan fingerprint density at radius 2 is 1.96 bits per heavy atom. The fourth-order valence-corrected chi connectivity index (χ4v) is 3.79. The third-order valence-corrected chi connectivity index (χ3v) is 5.24. The van der Waals surface area contributed by atoms with Crippen LogP contribution in [-0.2, 0) is 0 Å². The lowest BCUT2D eigenvalue weighted by molar-refractivity contribution is 0.239. The second-order valence-corrected chi connectivity index (χ2v) is 6.98. The summed E-state index contributed by atoms with van der Waals surface area (Å²) in [6, 6.07) is 8.13. The standard InChI is InChI=1S/C19H28N4O/c20-22-18(13-21-17-5-1-2-6-17)14-23-10-8-15(9-11-23)16-4-3-7-19(24)12-16/h3-4,7,12-13,15,17,24H,1-2,5-6,8-11,14,20H2. The summed E-state index contributed by atoms with van der Waals surface area (Å²) in [7, 11) is 0. The Kier molecular flexibility index (Phi) is 5.86. The molecular weight excluding hydrogens is 300 g/mol. The molecular formula is C19H28N4O. The van der Waals surface area contributed by atoms with E-state index in [4.69, 9.17) is 5.84 Å². The van der Waals surface area contributed by atoms with E-state index in [-0.39, 0.29) is 0 Å². The first kappa shape index (κ1) is 17.0.